The molecule has 2 aromatic carbocycles. The lowest BCUT2D eigenvalue weighted by molar-refractivity contribution is 0.0436. The zero-order valence-electron chi connectivity index (χ0n) is 18.7. The van der Waals surface area contributed by atoms with Gasteiger partial charge in [0.05, 0.1) is 22.3 Å². The molecule has 2 heterocycles. The van der Waals surface area contributed by atoms with Crippen molar-refractivity contribution in [2.45, 2.75) is 13.0 Å². The zero-order valence-corrected chi connectivity index (χ0v) is 19.5. The highest BCUT2D eigenvalue weighted by Gasteiger charge is 2.19. The van der Waals surface area contributed by atoms with Gasteiger partial charge in [0.2, 0.25) is 0 Å². The first-order valence-corrected chi connectivity index (χ1v) is 11.8. The van der Waals surface area contributed by atoms with Crippen molar-refractivity contribution in [2.75, 3.05) is 59.6 Å². The summed E-state index contributed by atoms with van der Waals surface area (Å²) in [6.07, 6.45) is -0.525. The molecule has 8 heteroatoms. The molecule has 1 N–H and O–H groups in total. The van der Waals surface area contributed by atoms with Gasteiger partial charge < -0.3 is 19.3 Å². The van der Waals surface area contributed by atoms with E-state index in [9.17, 15) is 5.11 Å². The fourth-order valence-electron chi connectivity index (χ4n) is 3.87. The van der Waals surface area contributed by atoms with Gasteiger partial charge in [-0.1, -0.05) is 12.1 Å². The van der Waals surface area contributed by atoms with Gasteiger partial charge in [-0.3, -0.25) is 9.80 Å². The molecule has 1 aliphatic heterocycles. The topological polar surface area (TPSA) is 67.3 Å². The van der Waals surface area contributed by atoms with Gasteiger partial charge in [0, 0.05) is 45.3 Å². The third-order valence-electron chi connectivity index (χ3n) is 5.58. The van der Waals surface area contributed by atoms with Crippen LogP contribution in [0.3, 0.4) is 0 Å². The van der Waals surface area contributed by atoms with Crippen molar-refractivity contribution in [3.05, 3.63) is 47.5 Å². The minimum Gasteiger partial charge on any atom is -0.493 e. The number of methoxy groups -OCH3 is 1. The van der Waals surface area contributed by atoms with Crippen molar-refractivity contribution in [2.24, 2.45) is 0 Å². The Hall–Kier alpha value is -2.39. The van der Waals surface area contributed by atoms with Crippen LogP contribution in [0.1, 0.15) is 5.01 Å². The number of β-amino-alcohol motifs (C(OH)–C–C–N with tert-alkyl or cyclic N) is 1. The molecule has 0 radical (unpaired) electrons. The van der Waals surface area contributed by atoms with E-state index in [1.807, 2.05) is 49.4 Å². The molecule has 7 nitrogen and oxygen atoms in total. The number of aliphatic hydroxyl groups excluding tert-OH is 1. The van der Waals surface area contributed by atoms with E-state index in [1.54, 1.807) is 18.4 Å². The maximum atomic E-state index is 10.4. The van der Waals surface area contributed by atoms with Gasteiger partial charge in [-0.2, -0.15) is 0 Å². The number of fused-ring (bicyclic) bond motifs is 1. The maximum absolute atomic E-state index is 10.4. The van der Waals surface area contributed by atoms with Crippen molar-refractivity contribution >= 4 is 21.6 Å². The summed E-state index contributed by atoms with van der Waals surface area (Å²) >= 11 is 1.67. The van der Waals surface area contributed by atoms with Crippen molar-refractivity contribution < 1.29 is 19.3 Å². The second-order valence-electron chi connectivity index (χ2n) is 7.97. The molecule has 172 valence electrons. The molecule has 0 bridgehead atoms. The van der Waals surface area contributed by atoms with Crippen LogP contribution in [0.2, 0.25) is 0 Å². The van der Waals surface area contributed by atoms with Gasteiger partial charge in [-0.05, 0) is 31.2 Å². The van der Waals surface area contributed by atoms with E-state index in [0.717, 1.165) is 65.2 Å². The van der Waals surface area contributed by atoms with E-state index >= 15 is 0 Å². The SMILES string of the molecule is COc1ccccc1OCCN1CCN(C[C@@H](O)COc2ccc3sc(C)nc3c2)CC1. The highest BCUT2D eigenvalue weighted by Crippen LogP contribution is 2.26. The van der Waals surface area contributed by atoms with E-state index in [0.29, 0.717) is 13.2 Å². The van der Waals surface area contributed by atoms with Crippen LogP contribution in [-0.2, 0) is 0 Å². The minimum absolute atomic E-state index is 0.279. The summed E-state index contributed by atoms with van der Waals surface area (Å²) < 4.78 is 18.2. The summed E-state index contributed by atoms with van der Waals surface area (Å²) in [4.78, 5) is 9.18. The second-order valence-corrected chi connectivity index (χ2v) is 9.20. The molecule has 0 unspecified atom stereocenters. The molecule has 0 amide bonds. The molecule has 0 aliphatic carbocycles. The molecule has 4 rings (SSSR count). The van der Waals surface area contributed by atoms with E-state index in [1.165, 1.54) is 0 Å². The number of hydrogen-bond donors (Lipinski definition) is 1. The van der Waals surface area contributed by atoms with Crippen molar-refractivity contribution in [1.29, 1.82) is 0 Å². The Balaban J connectivity index is 1.14. The number of piperazine rings is 1. The molecule has 1 aromatic heterocycles. The summed E-state index contributed by atoms with van der Waals surface area (Å²) in [7, 11) is 1.65. The summed E-state index contributed by atoms with van der Waals surface area (Å²) in [5.41, 5.74) is 0.949. The number of aromatic nitrogens is 1. The number of thiazole rings is 1. The Labute approximate surface area is 193 Å². The van der Waals surface area contributed by atoms with Gasteiger partial charge in [0.15, 0.2) is 11.5 Å². The number of hydrogen-bond acceptors (Lipinski definition) is 8. The predicted octanol–water partition coefficient (Wildman–Crippen LogP) is 3.05. The maximum Gasteiger partial charge on any atom is 0.161 e. The van der Waals surface area contributed by atoms with Crippen LogP contribution >= 0.6 is 11.3 Å². The van der Waals surface area contributed by atoms with Gasteiger partial charge in [-0.15, -0.1) is 11.3 Å². The number of para-hydroxylation sites is 2. The van der Waals surface area contributed by atoms with Crippen LogP contribution in [0.15, 0.2) is 42.5 Å². The quantitative estimate of drug-likeness (QED) is 0.502. The second kappa shape index (κ2) is 11.0. The Morgan fingerprint density at radius 1 is 1.03 bits per heavy atom. The van der Waals surface area contributed by atoms with Gasteiger partial charge in [-0.25, -0.2) is 4.98 Å². The normalized spacial score (nSPS) is 16.2. The third-order valence-corrected chi connectivity index (χ3v) is 6.53. The number of benzene rings is 2. The third kappa shape index (κ3) is 6.10. The van der Waals surface area contributed by atoms with E-state index in [2.05, 4.69) is 14.8 Å². The molecule has 1 aliphatic rings. The molecule has 3 aromatic rings. The van der Waals surface area contributed by atoms with Crippen LogP contribution in [-0.4, -0.2) is 85.6 Å². The molecule has 0 spiro atoms. The fraction of sp³-hybridized carbons (Fsp3) is 0.458. The Morgan fingerprint density at radius 3 is 2.56 bits per heavy atom. The average Bonchev–Trinajstić information content (AvgIpc) is 3.18. The lowest BCUT2D eigenvalue weighted by atomic mass is 10.2. The summed E-state index contributed by atoms with van der Waals surface area (Å²) in [6.45, 7) is 8.17. The fourth-order valence-corrected chi connectivity index (χ4v) is 4.68. The van der Waals surface area contributed by atoms with E-state index in [-0.39, 0.29) is 6.61 Å². The van der Waals surface area contributed by atoms with Crippen molar-refractivity contribution in [1.82, 2.24) is 14.8 Å². The van der Waals surface area contributed by atoms with Crippen molar-refractivity contribution in [3.8, 4) is 17.2 Å². The van der Waals surface area contributed by atoms with E-state index in [4.69, 9.17) is 14.2 Å². The van der Waals surface area contributed by atoms with Gasteiger partial charge in [0.1, 0.15) is 25.1 Å². The van der Waals surface area contributed by atoms with Crippen molar-refractivity contribution in [3.63, 3.8) is 0 Å². The first kappa shape index (κ1) is 22.8. The monoisotopic (exact) mass is 457 g/mol. The Morgan fingerprint density at radius 2 is 1.78 bits per heavy atom. The predicted molar refractivity (Wildman–Crippen MR) is 127 cm³/mol. The van der Waals surface area contributed by atoms with Gasteiger partial charge in [0.25, 0.3) is 0 Å². The van der Waals surface area contributed by atoms with Crippen LogP contribution in [0.25, 0.3) is 10.2 Å². The van der Waals surface area contributed by atoms with Crippen LogP contribution in [0, 0.1) is 6.92 Å². The first-order valence-electron chi connectivity index (χ1n) is 11.0. The van der Waals surface area contributed by atoms with E-state index < -0.39 is 6.10 Å². The molecule has 32 heavy (non-hydrogen) atoms. The molecular formula is C24H31N3O4S. The molecule has 1 saturated heterocycles. The summed E-state index contributed by atoms with van der Waals surface area (Å²) in [5, 5.41) is 11.5. The number of aliphatic hydroxyl groups is 1. The number of rotatable bonds is 10. The number of ether oxygens (including phenoxy) is 3. The van der Waals surface area contributed by atoms with Crippen LogP contribution in [0.5, 0.6) is 17.2 Å². The molecule has 1 fully saturated rings. The molecular weight excluding hydrogens is 426 g/mol. The van der Waals surface area contributed by atoms with Crippen LogP contribution < -0.4 is 14.2 Å². The molecule has 0 saturated carbocycles. The van der Waals surface area contributed by atoms with Crippen LogP contribution in [0.4, 0.5) is 0 Å². The zero-order chi connectivity index (χ0) is 22.3. The number of nitrogens with zero attached hydrogens (tertiary/aromatic N) is 3. The Bertz CT molecular complexity index is 1000. The average molecular weight is 458 g/mol. The highest BCUT2D eigenvalue weighted by atomic mass is 32.1. The lowest BCUT2D eigenvalue weighted by Crippen LogP contribution is -2.50. The largest absolute Gasteiger partial charge is 0.493 e. The molecule has 1 atom stereocenters. The Kier molecular flexibility index (Phi) is 7.81. The summed E-state index contributed by atoms with van der Waals surface area (Å²) in [6, 6.07) is 13.6. The number of aryl methyl sites for hydroxylation is 1. The lowest BCUT2D eigenvalue weighted by Gasteiger charge is -2.35. The standard InChI is InChI=1S/C24H31N3O4S/c1-18-25-21-15-20(7-8-24(21)32-18)31-17-19(28)16-27-11-9-26(10-12-27)13-14-30-23-6-4-3-5-22(23)29-2/h3-8,15,19,28H,9-14,16-17H2,1-2H3/t19-/m1/s1. The highest BCUT2D eigenvalue weighted by molar-refractivity contribution is 7.18. The summed E-state index contributed by atoms with van der Waals surface area (Å²) in [5.74, 6) is 2.29. The minimum atomic E-state index is -0.525. The first-order chi connectivity index (χ1) is 15.6. The smallest absolute Gasteiger partial charge is 0.161 e. The van der Waals surface area contributed by atoms with Gasteiger partial charge >= 0.3 is 0 Å².